The third-order valence-corrected chi connectivity index (χ3v) is 7.95. The average molecular weight is 850 g/mol. The Morgan fingerprint density at radius 2 is 1.15 bits per heavy atom. The highest BCUT2D eigenvalue weighted by atomic mass is 127. The van der Waals surface area contributed by atoms with Crippen LogP contribution in [-0.2, 0) is 49.6 Å². The fraction of sp³-hybridized carbons (Fsp3) is 0.516. The van der Waals surface area contributed by atoms with E-state index in [0.717, 1.165) is 0 Å². The van der Waals surface area contributed by atoms with Crippen molar-refractivity contribution in [1.29, 1.82) is 0 Å². The molecule has 52 heavy (non-hydrogen) atoms. The van der Waals surface area contributed by atoms with Crippen molar-refractivity contribution in [1.82, 2.24) is 31.9 Å². The number of halogens is 1. The zero-order valence-corrected chi connectivity index (χ0v) is 30.9. The second-order valence-electron chi connectivity index (χ2n) is 12.2. The Kier molecular flexibility index (Phi) is 18.4. The number of hydrogen-bond acceptors (Lipinski definition) is 11. The fourth-order valence-corrected chi connectivity index (χ4v) is 4.99. The number of aliphatic carboxylic acids is 3. The lowest BCUT2D eigenvalue weighted by Gasteiger charge is -2.27. The fourth-order valence-electron chi connectivity index (χ4n) is 4.41. The lowest BCUT2D eigenvalue weighted by atomic mass is 10.00. The molecule has 1 aromatic rings. The van der Waals surface area contributed by atoms with Crippen LogP contribution in [0.5, 0.6) is 5.75 Å². The molecule has 0 aliphatic carbocycles. The third kappa shape index (κ3) is 16.3. The number of nitrogens with two attached hydrogens (primary N) is 1. The third-order valence-electron chi connectivity index (χ3n) is 7.09. The average Bonchev–Trinajstić information content (AvgIpc) is 3.03. The molecule has 6 amide bonds. The number of carbonyl (C=O) groups excluding carboxylic acids is 6. The van der Waals surface area contributed by atoms with Crippen molar-refractivity contribution in [3.05, 3.63) is 27.3 Å². The van der Waals surface area contributed by atoms with E-state index in [1.54, 1.807) is 13.8 Å². The lowest BCUT2D eigenvalue weighted by Crippen LogP contribution is -2.60. The Balaban J connectivity index is 3.29. The molecule has 0 saturated carbocycles. The highest BCUT2D eigenvalue weighted by Gasteiger charge is 2.33. The molecule has 0 heterocycles. The molecule has 6 atom stereocenters. The number of carboxylic acids is 3. The normalized spacial score (nSPS) is 14.3. The molecule has 0 spiro atoms. The number of hydrogen-bond donors (Lipinski definition) is 11. The van der Waals surface area contributed by atoms with Gasteiger partial charge in [0.15, 0.2) is 0 Å². The number of carbonyl (C=O) groups is 9. The van der Waals surface area contributed by atoms with Crippen LogP contribution in [0.2, 0.25) is 0 Å². The second-order valence-corrected chi connectivity index (χ2v) is 13.3. The van der Waals surface area contributed by atoms with Crippen molar-refractivity contribution in [3.63, 3.8) is 0 Å². The van der Waals surface area contributed by atoms with Gasteiger partial charge < -0.3 is 58.1 Å². The molecule has 0 radical (unpaired) electrons. The summed E-state index contributed by atoms with van der Waals surface area (Å²) < 4.78 is 0.419. The minimum atomic E-state index is -1.74. The van der Waals surface area contributed by atoms with Gasteiger partial charge in [-0.15, -0.1) is 0 Å². The van der Waals surface area contributed by atoms with E-state index < -0.39 is 109 Å². The summed E-state index contributed by atoms with van der Waals surface area (Å²) in [6.45, 7) is 5.15. The number of carboxylic acid groups (broad SMARTS) is 3. The van der Waals surface area contributed by atoms with Crippen molar-refractivity contribution in [2.45, 2.75) is 89.6 Å². The summed E-state index contributed by atoms with van der Waals surface area (Å²) in [6, 6.07) is -4.25. The standard InChI is InChI=1S/C31H44IN7O13/c1-13(2)7-19(30(51)39-21(11-24(43)44)29(50)36-14(3)26(47)34-12-25(45)46)38-31(52)20(9-16-5-6-22(40)17(32)8-16)37-27(48)15(4)35-28(49)18(33)10-23(41)42/h5-6,8,13-15,18-21,40H,7,9-12,33H2,1-4H3,(H,34,47)(H,35,49)(H,36,50)(H,37,48)(H,38,52)(H,39,51)(H,41,42)(H,43,44)(H,45,46)/t14-,15-,18-,19-,20-,21-/m0/s1. The van der Waals surface area contributed by atoms with E-state index in [1.807, 2.05) is 27.9 Å². The van der Waals surface area contributed by atoms with E-state index in [1.165, 1.54) is 32.0 Å². The van der Waals surface area contributed by atoms with Crippen molar-refractivity contribution < 1.29 is 63.6 Å². The van der Waals surface area contributed by atoms with Crippen molar-refractivity contribution in [3.8, 4) is 5.75 Å². The molecular formula is C31H44IN7O13. The smallest absolute Gasteiger partial charge is 0.322 e. The number of aromatic hydroxyl groups is 1. The Morgan fingerprint density at radius 1 is 0.654 bits per heavy atom. The Morgan fingerprint density at radius 3 is 1.69 bits per heavy atom. The first-order valence-electron chi connectivity index (χ1n) is 15.8. The maximum atomic E-state index is 13.7. The molecule has 0 bridgehead atoms. The number of nitrogens with one attached hydrogen (secondary N) is 6. The zero-order valence-electron chi connectivity index (χ0n) is 28.7. The first-order chi connectivity index (χ1) is 24.1. The predicted octanol–water partition coefficient (Wildman–Crippen LogP) is -2.47. The summed E-state index contributed by atoms with van der Waals surface area (Å²) in [7, 11) is 0. The molecular weight excluding hydrogens is 805 g/mol. The number of phenolic OH excluding ortho intramolecular Hbond substituents is 1. The van der Waals surface area contributed by atoms with Crippen molar-refractivity contribution in [2.75, 3.05) is 6.54 Å². The maximum Gasteiger partial charge on any atom is 0.322 e. The van der Waals surface area contributed by atoms with E-state index in [0.29, 0.717) is 9.13 Å². The van der Waals surface area contributed by atoms with Crippen LogP contribution >= 0.6 is 22.6 Å². The van der Waals surface area contributed by atoms with Crippen LogP contribution in [0.3, 0.4) is 0 Å². The first kappa shape index (κ1) is 45.0. The molecule has 0 unspecified atom stereocenters. The Bertz CT molecular complexity index is 1520. The first-order valence-corrected chi connectivity index (χ1v) is 16.9. The maximum absolute atomic E-state index is 13.7. The highest BCUT2D eigenvalue weighted by Crippen LogP contribution is 2.21. The van der Waals surface area contributed by atoms with Crippen molar-refractivity contribution >= 4 is 75.9 Å². The quantitative estimate of drug-likeness (QED) is 0.0572. The SMILES string of the molecule is CC(C)C[C@H](NC(=O)[C@H](Cc1ccc(O)c(I)c1)NC(=O)[C@H](C)NC(=O)[C@@H](N)CC(=O)O)C(=O)N[C@@H](CC(=O)O)C(=O)N[C@@H](C)C(=O)NCC(=O)O. The van der Waals surface area contributed by atoms with Crippen LogP contribution in [0.25, 0.3) is 0 Å². The highest BCUT2D eigenvalue weighted by molar-refractivity contribution is 14.1. The van der Waals surface area contributed by atoms with Gasteiger partial charge in [0.25, 0.3) is 0 Å². The molecule has 1 rings (SSSR count). The molecule has 0 aromatic heterocycles. The van der Waals surface area contributed by atoms with Gasteiger partial charge in [0.2, 0.25) is 35.4 Å². The number of amides is 6. The van der Waals surface area contributed by atoms with Crippen LogP contribution in [-0.4, -0.2) is 117 Å². The zero-order chi connectivity index (χ0) is 39.9. The summed E-state index contributed by atoms with van der Waals surface area (Å²) in [4.78, 5) is 111. The topological polar surface area (TPSA) is 333 Å². The molecule has 0 saturated heterocycles. The van der Waals surface area contributed by atoms with Crippen molar-refractivity contribution in [2.24, 2.45) is 11.7 Å². The van der Waals surface area contributed by atoms with Gasteiger partial charge in [-0.3, -0.25) is 43.2 Å². The van der Waals surface area contributed by atoms with Crippen LogP contribution < -0.4 is 37.6 Å². The summed E-state index contributed by atoms with van der Waals surface area (Å²) in [6.07, 6.45) is -1.85. The van der Waals surface area contributed by atoms with Gasteiger partial charge >= 0.3 is 17.9 Å². The number of benzene rings is 1. The van der Waals surface area contributed by atoms with Gasteiger partial charge in [-0.2, -0.15) is 0 Å². The molecule has 21 heteroatoms. The summed E-state index contributed by atoms with van der Waals surface area (Å²) in [5, 5.41) is 50.8. The van der Waals surface area contributed by atoms with E-state index in [2.05, 4.69) is 26.6 Å². The van der Waals surface area contributed by atoms with E-state index in [9.17, 15) is 53.4 Å². The number of phenols is 1. The van der Waals surface area contributed by atoms with Crippen LogP contribution in [0.1, 0.15) is 52.5 Å². The van der Waals surface area contributed by atoms with Crippen LogP contribution in [0.4, 0.5) is 0 Å². The van der Waals surface area contributed by atoms with Gasteiger partial charge in [-0.1, -0.05) is 19.9 Å². The minimum Gasteiger partial charge on any atom is -0.507 e. The minimum absolute atomic E-state index is 0.0291. The van der Waals surface area contributed by atoms with Gasteiger partial charge in [-0.05, 0) is 66.5 Å². The number of rotatable bonds is 21. The van der Waals surface area contributed by atoms with Gasteiger partial charge in [0, 0.05) is 6.42 Å². The summed E-state index contributed by atoms with van der Waals surface area (Å²) in [5.41, 5.74) is 6.03. The predicted molar refractivity (Wildman–Crippen MR) is 188 cm³/mol. The Labute approximate surface area is 311 Å². The second kappa shape index (κ2) is 21.3. The van der Waals surface area contributed by atoms with E-state index in [4.69, 9.17) is 15.9 Å². The van der Waals surface area contributed by atoms with Crippen LogP contribution in [0.15, 0.2) is 18.2 Å². The molecule has 0 aliphatic heterocycles. The lowest BCUT2D eigenvalue weighted by molar-refractivity contribution is -0.142. The molecule has 1 aromatic carbocycles. The molecule has 20 nitrogen and oxygen atoms in total. The largest absolute Gasteiger partial charge is 0.507 e. The molecule has 0 aliphatic rings. The van der Waals surface area contributed by atoms with Gasteiger partial charge in [-0.25, -0.2) is 0 Å². The van der Waals surface area contributed by atoms with E-state index >= 15 is 0 Å². The molecule has 0 fully saturated rings. The van der Waals surface area contributed by atoms with Gasteiger partial charge in [0.1, 0.15) is 42.5 Å². The molecule has 12 N–H and O–H groups in total. The van der Waals surface area contributed by atoms with Crippen LogP contribution in [0, 0.1) is 9.49 Å². The summed E-state index contributed by atoms with van der Waals surface area (Å²) in [5.74, 6) is -10.2. The van der Waals surface area contributed by atoms with E-state index in [-0.39, 0.29) is 24.5 Å². The monoisotopic (exact) mass is 849 g/mol. The Hall–Kier alpha value is -5.06. The molecule has 288 valence electrons. The summed E-state index contributed by atoms with van der Waals surface area (Å²) >= 11 is 1.85. The van der Waals surface area contributed by atoms with Gasteiger partial charge in [0.05, 0.1) is 22.5 Å².